The molecule has 0 spiro atoms. The molecule has 2 rings (SSSR count). The van der Waals surface area contributed by atoms with Gasteiger partial charge in [-0.1, -0.05) is 37.5 Å². The third-order valence-corrected chi connectivity index (χ3v) is 3.24. The molecule has 18 heavy (non-hydrogen) atoms. The maximum absolute atomic E-state index is 12.0. The van der Waals surface area contributed by atoms with Crippen molar-refractivity contribution in [3.63, 3.8) is 0 Å². The van der Waals surface area contributed by atoms with Gasteiger partial charge in [0, 0.05) is 24.6 Å². The van der Waals surface area contributed by atoms with Crippen LogP contribution in [0.15, 0.2) is 24.3 Å². The monoisotopic (exact) mass is 243 g/mol. The molecule has 0 aliphatic carbocycles. The van der Waals surface area contributed by atoms with Gasteiger partial charge in [0.15, 0.2) is 0 Å². The third-order valence-electron chi connectivity index (χ3n) is 3.24. The molecule has 1 N–H and O–H groups in total. The Balaban J connectivity index is 2.37. The van der Waals surface area contributed by atoms with Crippen LogP contribution >= 0.6 is 0 Å². The number of hydrogen-bond acceptors (Lipinski definition) is 2. The number of benzene rings is 1. The second kappa shape index (κ2) is 4.83. The smallest absolute Gasteiger partial charge is 0.257 e. The number of rotatable bonds is 2. The average molecular weight is 243 g/mol. The second-order valence-electron chi connectivity index (χ2n) is 4.49. The number of unbranched alkanes of at least 4 members (excludes halogenated alkanes) is 2. The zero-order chi connectivity index (χ0) is 13.2. The minimum Gasteiger partial charge on any atom is -0.357 e. The molecule has 0 saturated heterocycles. The highest BCUT2D eigenvalue weighted by atomic mass is 16.3. The van der Waals surface area contributed by atoms with E-state index in [0.717, 1.165) is 19.3 Å². The van der Waals surface area contributed by atoms with Crippen LogP contribution in [0, 0.1) is 11.8 Å². The fourth-order valence-electron chi connectivity index (χ4n) is 2.08. The molecule has 1 aliphatic heterocycles. The molecule has 1 aromatic carbocycles. The lowest BCUT2D eigenvalue weighted by molar-refractivity contribution is -0.0223. The van der Waals surface area contributed by atoms with E-state index in [1.165, 1.54) is 4.90 Å². The van der Waals surface area contributed by atoms with E-state index in [2.05, 4.69) is 18.8 Å². The Labute approximate surface area is 107 Å². The van der Waals surface area contributed by atoms with Crippen molar-refractivity contribution in [2.24, 2.45) is 0 Å². The molecule has 0 saturated carbocycles. The van der Waals surface area contributed by atoms with Crippen molar-refractivity contribution >= 4 is 5.91 Å². The SMILES string of the molecule is CCCCC#CC1(O)c2ccccc2C(=O)N1C. The van der Waals surface area contributed by atoms with E-state index < -0.39 is 5.72 Å². The number of hydrogen-bond donors (Lipinski definition) is 1. The Morgan fingerprint density at radius 1 is 1.39 bits per heavy atom. The molecule has 0 radical (unpaired) electrons. The molecule has 1 amide bonds. The quantitative estimate of drug-likeness (QED) is 0.638. The molecule has 3 heteroatoms. The van der Waals surface area contributed by atoms with E-state index in [1.54, 1.807) is 25.2 Å². The highest BCUT2D eigenvalue weighted by Gasteiger charge is 2.45. The van der Waals surface area contributed by atoms with Crippen LogP contribution in [0.5, 0.6) is 0 Å². The van der Waals surface area contributed by atoms with Crippen LogP contribution in [0.3, 0.4) is 0 Å². The average Bonchev–Trinajstić information content (AvgIpc) is 2.59. The summed E-state index contributed by atoms with van der Waals surface area (Å²) in [5.41, 5.74) is -0.352. The summed E-state index contributed by atoms with van der Waals surface area (Å²) in [7, 11) is 1.58. The van der Waals surface area contributed by atoms with Crippen molar-refractivity contribution < 1.29 is 9.90 Å². The lowest BCUT2D eigenvalue weighted by Crippen LogP contribution is -2.39. The van der Waals surface area contributed by atoms with Gasteiger partial charge in [-0.3, -0.25) is 9.69 Å². The van der Waals surface area contributed by atoms with Gasteiger partial charge < -0.3 is 5.11 Å². The largest absolute Gasteiger partial charge is 0.357 e. The van der Waals surface area contributed by atoms with E-state index >= 15 is 0 Å². The van der Waals surface area contributed by atoms with Crippen molar-refractivity contribution in [2.75, 3.05) is 7.05 Å². The van der Waals surface area contributed by atoms with Crippen LogP contribution in [0.1, 0.15) is 42.1 Å². The number of carbonyl (C=O) groups excluding carboxylic acids is 1. The zero-order valence-electron chi connectivity index (χ0n) is 10.7. The van der Waals surface area contributed by atoms with E-state index in [-0.39, 0.29) is 5.91 Å². The summed E-state index contributed by atoms with van der Waals surface area (Å²) in [6.45, 7) is 2.09. The predicted octanol–water partition coefficient (Wildman–Crippen LogP) is 2.11. The molecule has 1 aliphatic rings. The summed E-state index contributed by atoms with van der Waals surface area (Å²) >= 11 is 0. The van der Waals surface area contributed by atoms with Gasteiger partial charge in [-0.05, 0) is 18.4 Å². The summed E-state index contributed by atoms with van der Waals surface area (Å²) in [4.78, 5) is 13.3. The predicted molar refractivity (Wildman–Crippen MR) is 69.7 cm³/mol. The number of aliphatic hydroxyl groups is 1. The van der Waals surface area contributed by atoms with Gasteiger partial charge in [0.2, 0.25) is 5.72 Å². The van der Waals surface area contributed by atoms with Crippen LogP contribution in [0.2, 0.25) is 0 Å². The Morgan fingerprint density at radius 2 is 2.11 bits per heavy atom. The lowest BCUT2D eigenvalue weighted by Gasteiger charge is -2.25. The Kier molecular flexibility index (Phi) is 3.40. The summed E-state index contributed by atoms with van der Waals surface area (Å²) in [5.74, 6) is 5.62. The molecule has 1 heterocycles. The zero-order valence-corrected chi connectivity index (χ0v) is 10.7. The number of amides is 1. The topological polar surface area (TPSA) is 40.5 Å². The fraction of sp³-hybridized carbons (Fsp3) is 0.400. The molecule has 0 bridgehead atoms. The van der Waals surface area contributed by atoms with Crippen molar-refractivity contribution in [2.45, 2.75) is 31.9 Å². The standard InChI is InChI=1S/C15H17NO2/c1-3-4-5-8-11-15(18)13-10-7-6-9-12(13)14(17)16(15)2/h6-7,9-10,18H,3-5H2,1-2H3. The Bertz CT molecular complexity index is 527. The first-order chi connectivity index (χ1) is 8.61. The Morgan fingerprint density at radius 3 is 2.83 bits per heavy atom. The van der Waals surface area contributed by atoms with Gasteiger partial charge in [-0.2, -0.15) is 0 Å². The fourth-order valence-corrected chi connectivity index (χ4v) is 2.08. The number of fused-ring (bicyclic) bond motifs is 1. The highest BCUT2D eigenvalue weighted by Crippen LogP contribution is 2.35. The minimum atomic E-state index is -1.47. The van der Waals surface area contributed by atoms with Gasteiger partial charge in [-0.15, -0.1) is 0 Å². The summed E-state index contributed by atoms with van der Waals surface area (Å²) in [6, 6.07) is 7.08. The first kappa shape index (κ1) is 12.7. The molecule has 1 atom stereocenters. The van der Waals surface area contributed by atoms with E-state index in [0.29, 0.717) is 11.1 Å². The first-order valence-electron chi connectivity index (χ1n) is 6.21. The van der Waals surface area contributed by atoms with E-state index in [9.17, 15) is 9.90 Å². The second-order valence-corrected chi connectivity index (χ2v) is 4.49. The van der Waals surface area contributed by atoms with Gasteiger partial charge in [0.1, 0.15) is 0 Å². The van der Waals surface area contributed by atoms with Crippen LogP contribution in [0.25, 0.3) is 0 Å². The maximum Gasteiger partial charge on any atom is 0.257 e. The highest BCUT2D eigenvalue weighted by molar-refractivity contribution is 6.00. The lowest BCUT2D eigenvalue weighted by atomic mass is 10.0. The summed E-state index contributed by atoms with van der Waals surface area (Å²) in [5, 5.41) is 10.6. The molecule has 1 unspecified atom stereocenters. The van der Waals surface area contributed by atoms with Crippen LogP contribution in [-0.4, -0.2) is 23.0 Å². The molecule has 3 nitrogen and oxygen atoms in total. The van der Waals surface area contributed by atoms with Crippen LogP contribution in [0.4, 0.5) is 0 Å². The molecule has 94 valence electrons. The number of nitrogens with zero attached hydrogens (tertiary/aromatic N) is 1. The molecule has 0 aromatic heterocycles. The molecular weight excluding hydrogens is 226 g/mol. The molecule has 1 aromatic rings. The van der Waals surface area contributed by atoms with Gasteiger partial charge in [-0.25, -0.2) is 0 Å². The third kappa shape index (κ3) is 1.89. The van der Waals surface area contributed by atoms with Crippen molar-refractivity contribution in [3.8, 4) is 11.8 Å². The summed E-state index contributed by atoms with van der Waals surface area (Å²) < 4.78 is 0. The number of carbonyl (C=O) groups is 1. The summed E-state index contributed by atoms with van der Waals surface area (Å²) in [6.07, 6.45) is 2.81. The first-order valence-corrected chi connectivity index (χ1v) is 6.21. The van der Waals surface area contributed by atoms with E-state index in [1.807, 2.05) is 6.07 Å². The minimum absolute atomic E-state index is 0.183. The Hall–Kier alpha value is -1.79. The maximum atomic E-state index is 12.0. The van der Waals surface area contributed by atoms with Gasteiger partial charge in [0.25, 0.3) is 5.91 Å². The molecular formula is C15H17NO2. The van der Waals surface area contributed by atoms with Crippen molar-refractivity contribution in [1.29, 1.82) is 0 Å². The normalized spacial score (nSPS) is 21.5. The van der Waals surface area contributed by atoms with Crippen LogP contribution < -0.4 is 0 Å². The van der Waals surface area contributed by atoms with E-state index in [4.69, 9.17) is 0 Å². The van der Waals surface area contributed by atoms with Crippen molar-refractivity contribution in [3.05, 3.63) is 35.4 Å². The van der Waals surface area contributed by atoms with Gasteiger partial charge in [0.05, 0.1) is 0 Å². The molecule has 0 fully saturated rings. The van der Waals surface area contributed by atoms with Gasteiger partial charge >= 0.3 is 0 Å². The van der Waals surface area contributed by atoms with Crippen LogP contribution in [-0.2, 0) is 5.72 Å². The van der Waals surface area contributed by atoms with Crippen molar-refractivity contribution in [1.82, 2.24) is 4.90 Å².